The first-order chi connectivity index (χ1) is 12.5. The number of quaternary nitrogens is 1. The van der Waals surface area contributed by atoms with Crippen LogP contribution in [-0.2, 0) is 20.3 Å². The molecule has 0 radical (unpaired) electrons. The van der Waals surface area contributed by atoms with Gasteiger partial charge in [-0.3, -0.25) is 4.98 Å². The highest BCUT2D eigenvalue weighted by Crippen LogP contribution is 2.21. The summed E-state index contributed by atoms with van der Waals surface area (Å²) in [5, 5.41) is 5.39. The number of methoxy groups -OCH3 is 1. The molecule has 0 aliphatic rings. The summed E-state index contributed by atoms with van der Waals surface area (Å²) in [5.41, 5.74) is 2.04. The van der Waals surface area contributed by atoms with E-state index in [2.05, 4.69) is 12.0 Å². The molecular formula is C18H21ClN5OS+. The maximum atomic E-state index is 6.13. The summed E-state index contributed by atoms with van der Waals surface area (Å²) in [5.74, 6) is 1.65. The van der Waals surface area contributed by atoms with Crippen molar-refractivity contribution in [1.29, 1.82) is 0 Å². The third-order valence-electron chi connectivity index (χ3n) is 4.13. The van der Waals surface area contributed by atoms with E-state index in [4.69, 9.17) is 33.7 Å². The number of halogens is 1. The van der Waals surface area contributed by atoms with Crippen LogP contribution in [0.25, 0.3) is 11.4 Å². The van der Waals surface area contributed by atoms with Crippen LogP contribution in [0.2, 0.25) is 5.02 Å². The minimum absolute atomic E-state index is 0.632. The monoisotopic (exact) mass is 390 g/mol. The summed E-state index contributed by atoms with van der Waals surface area (Å²) in [6.07, 6.45) is 3.50. The van der Waals surface area contributed by atoms with Gasteiger partial charge in [0.1, 0.15) is 12.3 Å². The molecule has 136 valence electrons. The first-order valence-electron chi connectivity index (χ1n) is 8.17. The van der Waals surface area contributed by atoms with E-state index in [-0.39, 0.29) is 0 Å². The number of benzene rings is 1. The van der Waals surface area contributed by atoms with Crippen LogP contribution in [-0.4, -0.2) is 33.5 Å². The van der Waals surface area contributed by atoms with Gasteiger partial charge in [-0.15, -0.1) is 5.10 Å². The van der Waals surface area contributed by atoms with Crippen molar-refractivity contribution in [3.8, 4) is 17.1 Å². The molecule has 1 unspecified atom stereocenters. The minimum atomic E-state index is 0.632. The molecule has 6 nitrogen and oxygen atoms in total. The van der Waals surface area contributed by atoms with Crippen molar-refractivity contribution in [3.05, 3.63) is 58.1 Å². The zero-order valence-corrected chi connectivity index (χ0v) is 16.5. The van der Waals surface area contributed by atoms with Gasteiger partial charge in [-0.05, 0) is 42.5 Å². The van der Waals surface area contributed by atoms with Gasteiger partial charge in [-0.25, -0.2) is 0 Å². The predicted molar refractivity (Wildman–Crippen MR) is 104 cm³/mol. The number of rotatable bonds is 6. The molecule has 0 aliphatic carbocycles. The first kappa shape index (κ1) is 18.6. The van der Waals surface area contributed by atoms with Gasteiger partial charge in [0.05, 0.1) is 14.2 Å². The lowest BCUT2D eigenvalue weighted by Gasteiger charge is -2.16. The Balaban J connectivity index is 1.81. The maximum absolute atomic E-state index is 6.13. The molecule has 8 heteroatoms. The van der Waals surface area contributed by atoms with E-state index in [9.17, 15) is 0 Å². The van der Waals surface area contributed by atoms with Gasteiger partial charge in [0, 0.05) is 35.6 Å². The number of nitrogens with zero attached hydrogens (tertiary/aromatic N) is 4. The average Bonchev–Trinajstić information content (AvgIpc) is 2.91. The molecule has 3 aromatic rings. The second kappa shape index (κ2) is 7.99. The highest BCUT2D eigenvalue weighted by molar-refractivity contribution is 7.71. The molecular weight excluding hydrogens is 370 g/mol. The van der Waals surface area contributed by atoms with E-state index in [1.54, 1.807) is 19.5 Å². The summed E-state index contributed by atoms with van der Waals surface area (Å²) in [7, 11) is 5.68. The summed E-state index contributed by atoms with van der Waals surface area (Å²) >= 11 is 11.7. The summed E-state index contributed by atoms with van der Waals surface area (Å²) in [6.45, 7) is 1.38. The fourth-order valence-corrected chi connectivity index (χ4v) is 3.25. The van der Waals surface area contributed by atoms with Crippen LogP contribution in [0.15, 0.2) is 42.7 Å². The van der Waals surface area contributed by atoms with Crippen molar-refractivity contribution in [2.24, 2.45) is 7.05 Å². The molecule has 0 aliphatic heterocycles. The van der Waals surface area contributed by atoms with Crippen LogP contribution in [0.3, 0.4) is 0 Å². The van der Waals surface area contributed by atoms with Crippen LogP contribution < -0.4 is 9.64 Å². The van der Waals surface area contributed by atoms with Crippen LogP contribution in [0.4, 0.5) is 0 Å². The maximum Gasteiger partial charge on any atom is 0.202 e. The van der Waals surface area contributed by atoms with E-state index in [1.807, 2.05) is 46.6 Å². The van der Waals surface area contributed by atoms with Gasteiger partial charge < -0.3 is 14.2 Å². The van der Waals surface area contributed by atoms with E-state index in [0.29, 0.717) is 16.5 Å². The Morgan fingerprint density at radius 1 is 1.23 bits per heavy atom. The standard InChI is InChI=1S/C18H20ClN5OS/c1-22(11-14-10-15(19)4-5-16(14)25-3)12-24-18(26)23(2)17(21-24)13-6-8-20-9-7-13/h4-10H,11-12H2,1-3H3/p+1. The molecule has 0 spiro atoms. The molecule has 0 saturated carbocycles. The Morgan fingerprint density at radius 3 is 2.65 bits per heavy atom. The zero-order valence-electron chi connectivity index (χ0n) is 14.9. The zero-order chi connectivity index (χ0) is 18.7. The summed E-state index contributed by atoms with van der Waals surface area (Å²) < 4.78 is 9.87. The summed E-state index contributed by atoms with van der Waals surface area (Å²) in [4.78, 5) is 5.26. The van der Waals surface area contributed by atoms with Crippen LogP contribution in [0, 0.1) is 4.77 Å². The Labute approximate surface area is 162 Å². The molecule has 1 N–H and O–H groups in total. The molecule has 2 aromatic heterocycles. The van der Waals surface area contributed by atoms with Crippen LogP contribution in [0.1, 0.15) is 5.56 Å². The van der Waals surface area contributed by atoms with Gasteiger partial charge in [0.25, 0.3) is 0 Å². The quantitative estimate of drug-likeness (QED) is 0.656. The lowest BCUT2D eigenvalue weighted by Crippen LogP contribution is -3.07. The first-order valence-corrected chi connectivity index (χ1v) is 8.96. The third-order valence-corrected chi connectivity index (χ3v) is 4.85. The normalized spacial score (nSPS) is 12.2. The fourth-order valence-electron chi connectivity index (χ4n) is 2.87. The van der Waals surface area contributed by atoms with Gasteiger partial charge >= 0.3 is 0 Å². The SMILES string of the molecule is COc1ccc(Cl)cc1C[NH+](C)Cn1nc(-c2ccncc2)n(C)c1=S. The summed E-state index contributed by atoms with van der Waals surface area (Å²) in [6, 6.07) is 9.50. The lowest BCUT2D eigenvalue weighted by atomic mass is 10.2. The number of nitrogens with one attached hydrogen (secondary N) is 1. The van der Waals surface area contributed by atoms with E-state index in [0.717, 1.165) is 29.2 Å². The molecule has 1 aromatic carbocycles. The van der Waals surface area contributed by atoms with Gasteiger partial charge in [-0.2, -0.15) is 4.68 Å². The van der Waals surface area contributed by atoms with Gasteiger partial charge in [0.2, 0.25) is 4.77 Å². The average molecular weight is 391 g/mol. The van der Waals surface area contributed by atoms with Crippen molar-refractivity contribution in [2.75, 3.05) is 14.2 Å². The lowest BCUT2D eigenvalue weighted by molar-refractivity contribution is -0.917. The van der Waals surface area contributed by atoms with E-state index in [1.165, 1.54) is 4.90 Å². The van der Waals surface area contributed by atoms with Crippen LogP contribution >= 0.6 is 23.8 Å². The van der Waals surface area contributed by atoms with E-state index < -0.39 is 0 Å². The van der Waals surface area contributed by atoms with Crippen molar-refractivity contribution in [3.63, 3.8) is 0 Å². The molecule has 0 fully saturated rings. The number of ether oxygens (including phenoxy) is 1. The Morgan fingerprint density at radius 2 is 1.96 bits per heavy atom. The van der Waals surface area contributed by atoms with Crippen molar-refractivity contribution in [2.45, 2.75) is 13.2 Å². The Kier molecular flexibility index (Phi) is 5.70. The number of pyridine rings is 1. The highest BCUT2D eigenvalue weighted by Gasteiger charge is 2.15. The smallest absolute Gasteiger partial charge is 0.202 e. The second-order valence-corrected chi connectivity index (χ2v) is 6.95. The number of aromatic nitrogens is 4. The molecule has 3 rings (SSSR count). The van der Waals surface area contributed by atoms with Crippen molar-refractivity contribution >= 4 is 23.8 Å². The molecule has 26 heavy (non-hydrogen) atoms. The van der Waals surface area contributed by atoms with Gasteiger partial charge in [0.15, 0.2) is 12.5 Å². The molecule has 2 heterocycles. The minimum Gasteiger partial charge on any atom is -0.496 e. The highest BCUT2D eigenvalue weighted by atomic mass is 35.5. The molecule has 0 saturated heterocycles. The van der Waals surface area contributed by atoms with Crippen molar-refractivity contribution < 1.29 is 9.64 Å². The van der Waals surface area contributed by atoms with E-state index >= 15 is 0 Å². The number of hydrogen-bond acceptors (Lipinski definition) is 4. The fraction of sp³-hybridized carbons (Fsp3) is 0.278. The molecule has 0 bridgehead atoms. The number of hydrogen-bond donors (Lipinski definition) is 1. The predicted octanol–water partition coefficient (Wildman–Crippen LogP) is 2.35. The Hall–Kier alpha value is -2.22. The third kappa shape index (κ3) is 3.95. The van der Waals surface area contributed by atoms with Crippen LogP contribution in [0.5, 0.6) is 5.75 Å². The Bertz CT molecular complexity index is 954. The second-order valence-electron chi connectivity index (χ2n) is 6.15. The largest absolute Gasteiger partial charge is 0.496 e. The van der Waals surface area contributed by atoms with Crippen molar-refractivity contribution in [1.82, 2.24) is 19.3 Å². The topological polar surface area (TPSA) is 49.3 Å². The molecule has 0 amide bonds. The van der Waals surface area contributed by atoms with Gasteiger partial charge in [-0.1, -0.05) is 11.6 Å². The molecule has 1 atom stereocenters.